The molecule has 0 amide bonds. The highest BCUT2D eigenvalue weighted by Crippen LogP contribution is 2.43. The molecule has 1 unspecified atom stereocenters. The third-order valence-electron chi connectivity index (χ3n) is 9.02. The van der Waals surface area contributed by atoms with Crippen LogP contribution in [-0.4, -0.2) is 65.7 Å². The van der Waals surface area contributed by atoms with Gasteiger partial charge >= 0.3 is 19.8 Å². The van der Waals surface area contributed by atoms with E-state index in [2.05, 4.69) is 54.8 Å². The van der Waals surface area contributed by atoms with Crippen molar-refractivity contribution < 1.29 is 47.8 Å². The topological polar surface area (TPSA) is 149 Å². The number of aliphatic hydroxyl groups excluding tert-OH is 2. The Morgan fingerprint density at radius 1 is 0.556 bits per heavy atom. The summed E-state index contributed by atoms with van der Waals surface area (Å²) >= 11 is 0. The zero-order valence-electron chi connectivity index (χ0n) is 34.2. The molecule has 10 nitrogen and oxygen atoms in total. The number of allylic oxidation sites excluding steroid dienone is 6. The zero-order valence-corrected chi connectivity index (χ0v) is 35.1. The molecule has 0 fully saturated rings. The lowest BCUT2D eigenvalue weighted by atomic mass is 10.1. The smallest absolute Gasteiger partial charge is 0.462 e. The second kappa shape index (κ2) is 39.4. The number of ether oxygens (including phenoxy) is 2. The van der Waals surface area contributed by atoms with Crippen molar-refractivity contribution in [2.24, 2.45) is 0 Å². The van der Waals surface area contributed by atoms with Gasteiger partial charge in [-0.15, -0.1) is 0 Å². The second-order valence-corrected chi connectivity index (χ2v) is 15.8. The molecular formula is C43H79O10P. The van der Waals surface area contributed by atoms with Crippen LogP contribution in [0.1, 0.15) is 187 Å². The van der Waals surface area contributed by atoms with Crippen molar-refractivity contribution in [2.75, 3.05) is 26.4 Å². The van der Waals surface area contributed by atoms with Crippen LogP contribution < -0.4 is 0 Å². The zero-order chi connectivity index (χ0) is 39.8. The highest BCUT2D eigenvalue weighted by atomic mass is 31.2. The monoisotopic (exact) mass is 787 g/mol. The van der Waals surface area contributed by atoms with Gasteiger partial charge in [-0.1, -0.05) is 147 Å². The number of phosphoric acid groups is 1. The molecule has 54 heavy (non-hydrogen) atoms. The fourth-order valence-electron chi connectivity index (χ4n) is 5.65. The Morgan fingerprint density at radius 3 is 1.50 bits per heavy atom. The number of rotatable bonds is 40. The van der Waals surface area contributed by atoms with Gasteiger partial charge in [0.15, 0.2) is 6.10 Å². The summed E-state index contributed by atoms with van der Waals surface area (Å²) < 4.78 is 32.7. The first-order valence-electron chi connectivity index (χ1n) is 21.4. The summed E-state index contributed by atoms with van der Waals surface area (Å²) in [6.45, 7) is 2.31. The molecule has 0 saturated carbocycles. The van der Waals surface area contributed by atoms with E-state index < -0.39 is 51.8 Å². The first-order chi connectivity index (χ1) is 26.2. The molecule has 3 atom stereocenters. The van der Waals surface area contributed by atoms with Crippen LogP contribution in [0.4, 0.5) is 0 Å². The summed E-state index contributed by atoms with van der Waals surface area (Å²) in [4.78, 5) is 34.9. The standard InChI is InChI=1S/C43H79O10P/c1-3-5-7-9-11-13-15-17-19-20-21-23-24-26-28-30-32-34-42(46)50-38-41(39-52-54(48,49)51-37-40(45)36-44)53-43(47)35-33-31-29-27-25-22-18-16-14-12-10-8-6-4-2/h10,12,16-19,40-41,44-45H,3-9,11,13-15,20-39H2,1-2H3,(H,48,49)/b12-10+,18-16+,19-17+/t40-,41+/m0/s1. The van der Waals surface area contributed by atoms with Gasteiger partial charge < -0.3 is 24.6 Å². The maximum Gasteiger partial charge on any atom is 0.472 e. The molecular weight excluding hydrogens is 707 g/mol. The van der Waals surface area contributed by atoms with Gasteiger partial charge in [0.2, 0.25) is 0 Å². The minimum Gasteiger partial charge on any atom is -0.462 e. The molecule has 3 N–H and O–H groups in total. The van der Waals surface area contributed by atoms with Gasteiger partial charge in [-0.25, -0.2) is 4.57 Å². The molecule has 0 heterocycles. The first-order valence-corrected chi connectivity index (χ1v) is 22.9. The van der Waals surface area contributed by atoms with Crippen LogP contribution in [0.2, 0.25) is 0 Å². The maximum atomic E-state index is 12.6. The van der Waals surface area contributed by atoms with Crippen LogP contribution in [0.3, 0.4) is 0 Å². The number of phosphoric ester groups is 1. The van der Waals surface area contributed by atoms with E-state index >= 15 is 0 Å². The van der Waals surface area contributed by atoms with Gasteiger partial charge in [-0.2, -0.15) is 0 Å². The lowest BCUT2D eigenvalue weighted by Crippen LogP contribution is -2.29. The largest absolute Gasteiger partial charge is 0.472 e. The lowest BCUT2D eigenvalue weighted by molar-refractivity contribution is -0.161. The quantitative estimate of drug-likeness (QED) is 0.0237. The van der Waals surface area contributed by atoms with E-state index in [9.17, 15) is 24.2 Å². The van der Waals surface area contributed by atoms with Crippen molar-refractivity contribution in [3.8, 4) is 0 Å². The Labute approximate surface area is 329 Å². The lowest BCUT2D eigenvalue weighted by Gasteiger charge is -2.20. The second-order valence-electron chi connectivity index (χ2n) is 14.4. The SMILES string of the molecule is CCCC/C=C/C/C=C/CCCCCCCC(=O)O[C@H](COC(=O)CCCCCCCCC/C=C/CCCCCCCC)COP(=O)(O)OC[C@@H](O)CO. The van der Waals surface area contributed by atoms with Gasteiger partial charge in [-0.05, 0) is 64.2 Å². The minimum atomic E-state index is -4.62. The summed E-state index contributed by atoms with van der Waals surface area (Å²) in [5, 5.41) is 18.3. The van der Waals surface area contributed by atoms with Crippen molar-refractivity contribution in [1.29, 1.82) is 0 Å². The van der Waals surface area contributed by atoms with Crippen molar-refractivity contribution in [1.82, 2.24) is 0 Å². The van der Waals surface area contributed by atoms with Crippen molar-refractivity contribution >= 4 is 19.8 Å². The molecule has 0 radical (unpaired) electrons. The molecule has 0 spiro atoms. The van der Waals surface area contributed by atoms with Crippen LogP contribution in [0, 0.1) is 0 Å². The van der Waals surface area contributed by atoms with E-state index in [-0.39, 0.29) is 19.4 Å². The summed E-state index contributed by atoms with van der Waals surface area (Å²) in [7, 11) is -4.62. The molecule has 0 bridgehead atoms. The van der Waals surface area contributed by atoms with Gasteiger partial charge in [0.05, 0.1) is 19.8 Å². The van der Waals surface area contributed by atoms with Gasteiger partial charge in [0.25, 0.3) is 0 Å². The van der Waals surface area contributed by atoms with E-state index in [1.807, 2.05) is 0 Å². The number of hydrogen-bond acceptors (Lipinski definition) is 9. The molecule has 0 aromatic rings. The fraction of sp³-hybridized carbons (Fsp3) is 0.814. The van der Waals surface area contributed by atoms with Crippen LogP contribution in [0.25, 0.3) is 0 Å². The van der Waals surface area contributed by atoms with E-state index in [0.717, 1.165) is 70.6 Å². The van der Waals surface area contributed by atoms with E-state index in [1.54, 1.807) is 0 Å². The fourth-order valence-corrected chi connectivity index (χ4v) is 6.44. The van der Waals surface area contributed by atoms with E-state index in [1.165, 1.54) is 77.0 Å². The summed E-state index contributed by atoms with van der Waals surface area (Å²) in [5.74, 6) is -0.945. The van der Waals surface area contributed by atoms with Gasteiger partial charge in [-0.3, -0.25) is 18.6 Å². The number of hydrogen-bond donors (Lipinski definition) is 3. The predicted molar refractivity (Wildman–Crippen MR) is 219 cm³/mol. The Balaban J connectivity index is 4.31. The van der Waals surface area contributed by atoms with Crippen molar-refractivity contribution in [2.45, 2.75) is 199 Å². The molecule has 0 aromatic carbocycles. The highest BCUT2D eigenvalue weighted by Gasteiger charge is 2.27. The number of carbonyl (C=O) groups excluding carboxylic acids is 2. The number of unbranched alkanes of at least 4 members (excludes halogenated alkanes) is 20. The first kappa shape index (κ1) is 52.2. The molecule has 0 aromatic heterocycles. The number of esters is 2. The molecule has 0 rings (SSSR count). The predicted octanol–water partition coefficient (Wildman–Crippen LogP) is 11.2. The van der Waals surface area contributed by atoms with E-state index in [0.29, 0.717) is 12.8 Å². The molecule has 0 saturated heterocycles. The number of aliphatic hydroxyl groups is 2. The van der Waals surface area contributed by atoms with Crippen LogP contribution in [0.5, 0.6) is 0 Å². The van der Waals surface area contributed by atoms with Crippen molar-refractivity contribution in [3.63, 3.8) is 0 Å². The average molecular weight is 787 g/mol. The average Bonchev–Trinajstić information content (AvgIpc) is 3.16. The molecule has 11 heteroatoms. The summed E-state index contributed by atoms with van der Waals surface area (Å²) in [6, 6.07) is 0. The van der Waals surface area contributed by atoms with Crippen LogP contribution >= 0.6 is 7.82 Å². The Hall–Kier alpha value is -1.81. The molecule has 316 valence electrons. The molecule has 0 aliphatic rings. The van der Waals surface area contributed by atoms with Gasteiger partial charge in [0, 0.05) is 12.8 Å². The summed E-state index contributed by atoms with van der Waals surface area (Å²) in [6.07, 6.45) is 39.6. The third-order valence-corrected chi connectivity index (χ3v) is 9.97. The Morgan fingerprint density at radius 2 is 0.981 bits per heavy atom. The number of carbonyl (C=O) groups is 2. The Bertz CT molecular complexity index is 999. The molecule has 0 aliphatic carbocycles. The highest BCUT2D eigenvalue weighted by molar-refractivity contribution is 7.47. The third kappa shape index (κ3) is 38.5. The van der Waals surface area contributed by atoms with Crippen molar-refractivity contribution in [3.05, 3.63) is 36.5 Å². The van der Waals surface area contributed by atoms with Crippen LogP contribution in [-0.2, 0) is 32.7 Å². The summed E-state index contributed by atoms with van der Waals surface area (Å²) in [5.41, 5.74) is 0. The minimum absolute atomic E-state index is 0.167. The maximum absolute atomic E-state index is 12.6. The van der Waals surface area contributed by atoms with Gasteiger partial charge in [0.1, 0.15) is 12.7 Å². The molecule has 0 aliphatic heterocycles. The Kier molecular flexibility index (Phi) is 38.1. The van der Waals surface area contributed by atoms with E-state index in [4.69, 9.17) is 19.1 Å². The normalized spacial score (nSPS) is 14.2. The van der Waals surface area contributed by atoms with Crippen LogP contribution in [0.15, 0.2) is 36.5 Å².